The van der Waals surface area contributed by atoms with Gasteiger partial charge in [-0.1, -0.05) is 8.46 Å². The Labute approximate surface area is 86.6 Å². The van der Waals surface area contributed by atoms with Gasteiger partial charge >= 0.3 is 0 Å². The summed E-state index contributed by atoms with van der Waals surface area (Å²) in [7, 11) is 24.5. The molecule has 0 aromatic rings. The molecule has 0 fully saturated rings. The second-order valence-corrected chi connectivity index (χ2v) is 16.1. The lowest BCUT2D eigenvalue weighted by molar-refractivity contribution is 1.42. The van der Waals surface area contributed by atoms with E-state index in [1.54, 1.807) is 13.2 Å². The van der Waals surface area contributed by atoms with Crippen LogP contribution < -0.4 is 0 Å². The average molecular weight is 284 g/mol. The largest absolute Gasteiger partial charge is 0.0797 e. The van der Waals surface area contributed by atoms with Gasteiger partial charge in [0.1, 0.15) is 0 Å². The minimum Gasteiger partial charge on any atom is -0.0734 e. The van der Waals surface area contributed by atoms with Crippen LogP contribution in [0.5, 0.6) is 0 Å². The van der Waals surface area contributed by atoms with Crippen molar-refractivity contribution in [1.29, 1.82) is 0 Å². The zero-order chi connectivity index (χ0) is 8.58. The molecule has 0 saturated heterocycles. The number of halogens is 5. The third-order valence-corrected chi connectivity index (χ3v) is 10.5. The molecule has 1 atom stereocenters. The van der Waals surface area contributed by atoms with E-state index in [-0.39, 0.29) is 4.58 Å². The summed E-state index contributed by atoms with van der Waals surface area (Å²) in [4.78, 5) is 0. The van der Waals surface area contributed by atoms with E-state index in [4.69, 9.17) is 53.4 Å². The van der Waals surface area contributed by atoms with Crippen molar-refractivity contribution < 1.29 is 0 Å². The second kappa shape index (κ2) is 3.91. The summed E-state index contributed by atoms with van der Waals surface area (Å²) >= 11 is 0. The van der Waals surface area contributed by atoms with E-state index in [1.807, 2.05) is 0 Å². The van der Waals surface area contributed by atoms with Crippen molar-refractivity contribution in [3.8, 4) is 0 Å². The first-order valence-corrected chi connectivity index (χ1v) is 10.2. The molecular formula is C3H7Cl5S2. The smallest absolute Gasteiger partial charge is 0.0734 e. The van der Waals surface area contributed by atoms with Crippen molar-refractivity contribution in [2.45, 2.75) is 11.5 Å². The van der Waals surface area contributed by atoms with Gasteiger partial charge in [0.25, 0.3) is 0 Å². The first-order chi connectivity index (χ1) is 4.15. The molecule has 0 bridgehead atoms. The predicted octanol–water partition coefficient (Wildman–Crippen LogP) is 5.34. The Bertz CT molecular complexity index is 99.0. The molecule has 0 aliphatic carbocycles. The second-order valence-electron chi connectivity index (χ2n) is 1.79. The van der Waals surface area contributed by atoms with E-state index >= 15 is 0 Å². The average Bonchev–Trinajstić information content (AvgIpc) is 1.59. The summed E-state index contributed by atoms with van der Waals surface area (Å²) in [5, 5.41) is 0. The van der Waals surface area contributed by atoms with Crippen LogP contribution in [0.4, 0.5) is 0 Å². The summed E-state index contributed by atoms with van der Waals surface area (Å²) in [5.74, 6) is 0. The normalized spacial score (nSPS) is 20.3. The molecule has 7 heteroatoms. The first kappa shape index (κ1) is 12.2. The van der Waals surface area contributed by atoms with E-state index in [0.717, 1.165) is 0 Å². The van der Waals surface area contributed by atoms with Crippen LogP contribution >= 0.6 is 69.5 Å². The molecule has 0 N–H and O–H groups in total. The Balaban J connectivity index is 4.23. The molecule has 0 spiro atoms. The van der Waals surface area contributed by atoms with E-state index < -0.39 is 16.1 Å². The minimum absolute atomic E-state index is 0.242. The lowest BCUT2D eigenvalue weighted by Crippen LogP contribution is -2.02. The molecule has 0 aromatic carbocycles. The molecule has 0 nitrogen and oxygen atoms in total. The van der Waals surface area contributed by atoms with Crippen molar-refractivity contribution in [3.05, 3.63) is 0 Å². The standard InChI is InChI=1S/C3H7Cl5S2/c1-3(9(2,4)5)10(6,7)8/h3H,1-2H3. The van der Waals surface area contributed by atoms with Gasteiger partial charge in [0.2, 0.25) is 0 Å². The van der Waals surface area contributed by atoms with Crippen molar-refractivity contribution in [2.75, 3.05) is 6.26 Å². The molecule has 0 saturated carbocycles. The number of hydrogen-bond donors (Lipinski definition) is 0. The first-order valence-electron chi connectivity index (χ1n) is 2.23. The molecule has 0 amide bonds. The van der Waals surface area contributed by atoms with Crippen LogP contribution in [0.3, 0.4) is 0 Å². The van der Waals surface area contributed by atoms with Gasteiger partial charge in [-0.3, -0.25) is 0 Å². The van der Waals surface area contributed by atoms with Crippen LogP contribution in [0.15, 0.2) is 0 Å². The van der Waals surface area contributed by atoms with Crippen LogP contribution in [0.1, 0.15) is 6.92 Å². The highest BCUT2D eigenvalue weighted by molar-refractivity contribution is 8.86. The van der Waals surface area contributed by atoms with Crippen molar-refractivity contribution >= 4 is 69.5 Å². The Morgan fingerprint density at radius 2 is 1.30 bits per heavy atom. The highest BCUT2D eigenvalue weighted by Gasteiger charge is 2.34. The lowest BCUT2D eigenvalue weighted by Gasteiger charge is -2.34. The predicted molar refractivity (Wildman–Crippen MR) is 59.8 cm³/mol. The fourth-order valence-corrected chi connectivity index (χ4v) is 9.63. The van der Waals surface area contributed by atoms with E-state index in [1.165, 1.54) is 0 Å². The third kappa shape index (κ3) is 4.24. The Morgan fingerprint density at radius 3 is 1.30 bits per heavy atom. The summed E-state index contributed by atoms with van der Waals surface area (Å²) in [6.07, 6.45) is 1.69. The number of rotatable bonds is 2. The molecular weight excluding hydrogens is 277 g/mol. The molecule has 10 heavy (non-hydrogen) atoms. The quantitative estimate of drug-likeness (QED) is 0.642. The molecule has 0 aromatic heterocycles. The molecule has 66 valence electrons. The Kier molecular flexibility index (Phi) is 4.75. The van der Waals surface area contributed by atoms with Crippen molar-refractivity contribution in [2.24, 2.45) is 0 Å². The van der Waals surface area contributed by atoms with Crippen molar-refractivity contribution in [3.63, 3.8) is 0 Å². The zero-order valence-corrected chi connectivity index (χ0v) is 10.7. The number of hydrogen-bond acceptors (Lipinski definition) is 0. The minimum atomic E-state index is -2.17. The third-order valence-electron chi connectivity index (χ3n) is 0.959. The van der Waals surface area contributed by atoms with Gasteiger partial charge in [-0.2, -0.15) is 0 Å². The molecule has 0 rings (SSSR count). The van der Waals surface area contributed by atoms with Crippen LogP contribution in [-0.2, 0) is 0 Å². The lowest BCUT2D eigenvalue weighted by atomic mass is 11.0. The molecule has 0 radical (unpaired) electrons. The monoisotopic (exact) mass is 282 g/mol. The van der Waals surface area contributed by atoms with Crippen LogP contribution in [0, 0.1) is 0 Å². The van der Waals surface area contributed by atoms with Gasteiger partial charge in [-0.25, -0.2) is 0 Å². The topological polar surface area (TPSA) is 0 Å². The Hall–Kier alpha value is 2.15. The van der Waals surface area contributed by atoms with E-state index in [9.17, 15) is 0 Å². The maximum absolute atomic E-state index is 5.78. The van der Waals surface area contributed by atoms with Gasteiger partial charge in [0.05, 0.1) is 4.58 Å². The molecule has 0 aliphatic heterocycles. The van der Waals surface area contributed by atoms with Gasteiger partial charge < -0.3 is 0 Å². The van der Waals surface area contributed by atoms with Crippen LogP contribution in [-0.4, -0.2) is 10.8 Å². The van der Waals surface area contributed by atoms with E-state index in [0.29, 0.717) is 0 Å². The van der Waals surface area contributed by atoms with Gasteiger partial charge in [0.15, 0.2) is 0 Å². The highest BCUT2D eigenvalue weighted by atomic mass is 36.2. The highest BCUT2D eigenvalue weighted by Crippen LogP contribution is 2.79. The molecule has 0 heterocycles. The maximum Gasteiger partial charge on any atom is 0.0797 e. The van der Waals surface area contributed by atoms with Gasteiger partial charge in [0, 0.05) is 7.67 Å². The fraction of sp³-hybridized carbons (Fsp3) is 1.00. The van der Waals surface area contributed by atoms with Crippen molar-refractivity contribution in [1.82, 2.24) is 0 Å². The van der Waals surface area contributed by atoms with Gasteiger partial charge in [-0.05, 0) is 66.6 Å². The summed E-state index contributed by atoms with van der Waals surface area (Å²) in [5.41, 5.74) is 0. The van der Waals surface area contributed by atoms with Crippen LogP contribution in [0.25, 0.3) is 0 Å². The van der Waals surface area contributed by atoms with Gasteiger partial charge in [-0.15, -0.1) is 0 Å². The van der Waals surface area contributed by atoms with Crippen LogP contribution in [0.2, 0.25) is 0 Å². The summed E-state index contributed by atoms with van der Waals surface area (Å²) in [6, 6.07) is 0. The van der Waals surface area contributed by atoms with E-state index in [2.05, 4.69) is 0 Å². The summed E-state index contributed by atoms with van der Waals surface area (Å²) in [6.45, 7) is 1.75. The molecule has 1 unspecified atom stereocenters. The summed E-state index contributed by atoms with van der Waals surface area (Å²) < 4.78 is -0.242. The molecule has 0 aliphatic rings. The fourth-order valence-electron chi connectivity index (χ4n) is 0.192. The zero-order valence-electron chi connectivity index (χ0n) is 5.28. The Morgan fingerprint density at radius 1 is 1.00 bits per heavy atom. The maximum atomic E-state index is 5.78. The SMILES string of the molecule is CC(S(C)(Cl)Cl)S(Cl)(Cl)Cl.